The smallest absolute Gasteiger partial charge is 0.320 e. The van der Waals surface area contributed by atoms with E-state index in [0.29, 0.717) is 5.70 Å². The normalized spacial score (nSPS) is 26.8. The van der Waals surface area contributed by atoms with Crippen LogP contribution in [0, 0.1) is 16.7 Å². The minimum absolute atomic E-state index is 0.0285. The average Bonchev–Trinajstić information content (AvgIpc) is 2.80. The Morgan fingerprint density at radius 1 is 1.17 bits per heavy atom. The molecule has 1 amide bonds. The molecule has 0 bridgehead atoms. The lowest BCUT2D eigenvalue weighted by Crippen LogP contribution is -2.60. The maximum absolute atomic E-state index is 13.8. The molecule has 2 aliphatic heterocycles. The highest BCUT2D eigenvalue weighted by atomic mass is 16.5. The molecule has 0 aliphatic carbocycles. The van der Waals surface area contributed by atoms with Crippen LogP contribution in [-0.2, 0) is 30.4 Å². The van der Waals surface area contributed by atoms with E-state index in [9.17, 15) is 19.5 Å². The van der Waals surface area contributed by atoms with Crippen molar-refractivity contribution in [3.05, 3.63) is 59.8 Å². The molecular formula is C28H33NO6. The van der Waals surface area contributed by atoms with Crippen LogP contribution in [0.1, 0.15) is 46.1 Å². The highest BCUT2D eigenvalue weighted by Gasteiger charge is 2.60. The van der Waals surface area contributed by atoms with Crippen LogP contribution in [0.3, 0.4) is 0 Å². The van der Waals surface area contributed by atoms with Crippen molar-refractivity contribution in [1.82, 2.24) is 4.90 Å². The van der Waals surface area contributed by atoms with Crippen LogP contribution < -0.4 is 0 Å². The molecule has 2 heterocycles. The second-order valence-electron chi connectivity index (χ2n) is 10.6. The van der Waals surface area contributed by atoms with E-state index >= 15 is 0 Å². The molecule has 0 spiro atoms. The van der Waals surface area contributed by atoms with E-state index in [1.165, 1.54) is 7.11 Å². The van der Waals surface area contributed by atoms with E-state index in [1.807, 2.05) is 76.2 Å². The van der Waals surface area contributed by atoms with Crippen molar-refractivity contribution < 1.29 is 29.0 Å². The lowest BCUT2D eigenvalue weighted by atomic mass is 9.65. The Labute approximate surface area is 205 Å². The van der Waals surface area contributed by atoms with E-state index in [2.05, 4.69) is 0 Å². The zero-order valence-corrected chi connectivity index (χ0v) is 20.9. The van der Waals surface area contributed by atoms with Crippen molar-refractivity contribution in [2.75, 3.05) is 7.11 Å². The molecule has 2 aromatic carbocycles. The number of carbonyl (C=O) groups excluding carboxylic acids is 2. The van der Waals surface area contributed by atoms with E-state index < -0.39 is 29.4 Å². The molecule has 0 aromatic heterocycles. The summed E-state index contributed by atoms with van der Waals surface area (Å²) in [6, 6.07) is 13.8. The molecule has 2 aromatic rings. The number of likely N-dealkylation sites (tertiary alicyclic amines) is 1. The van der Waals surface area contributed by atoms with Crippen LogP contribution in [0.4, 0.5) is 0 Å². The zero-order valence-electron chi connectivity index (χ0n) is 20.9. The molecule has 186 valence electrons. The number of benzene rings is 2. The highest BCUT2D eigenvalue weighted by Crippen LogP contribution is 2.52. The molecule has 4 rings (SSSR count). The van der Waals surface area contributed by atoms with Crippen LogP contribution >= 0.6 is 0 Å². The van der Waals surface area contributed by atoms with Crippen molar-refractivity contribution in [1.29, 1.82) is 0 Å². The number of carboxylic acid groups (broad SMARTS) is 1. The maximum atomic E-state index is 13.8. The number of methoxy groups -OCH3 is 1. The number of hydrogen-bond donors (Lipinski definition) is 1. The summed E-state index contributed by atoms with van der Waals surface area (Å²) in [6.45, 7) is 8.15. The van der Waals surface area contributed by atoms with Crippen LogP contribution in [0.2, 0.25) is 0 Å². The number of carbonyl (C=O) groups is 3. The molecule has 2 aliphatic rings. The fourth-order valence-electron chi connectivity index (χ4n) is 5.42. The third-order valence-corrected chi connectivity index (χ3v) is 7.32. The summed E-state index contributed by atoms with van der Waals surface area (Å²) in [5, 5.41) is 11.6. The van der Waals surface area contributed by atoms with Gasteiger partial charge in [0.2, 0.25) is 5.91 Å². The number of esters is 1. The summed E-state index contributed by atoms with van der Waals surface area (Å²) in [7, 11) is 1.31. The Kier molecular flexibility index (Phi) is 6.49. The number of carboxylic acids is 1. The third kappa shape index (κ3) is 4.33. The van der Waals surface area contributed by atoms with Gasteiger partial charge >= 0.3 is 11.9 Å². The van der Waals surface area contributed by atoms with Crippen molar-refractivity contribution in [3.63, 3.8) is 0 Å². The summed E-state index contributed by atoms with van der Waals surface area (Å²) in [5.41, 5.74) is -0.105. The highest BCUT2D eigenvalue weighted by molar-refractivity contribution is 5.92. The topological polar surface area (TPSA) is 93.1 Å². The monoisotopic (exact) mass is 479 g/mol. The summed E-state index contributed by atoms with van der Waals surface area (Å²) in [6.07, 6.45) is 0.576. The molecule has 7 heteroatoms. The van der Waals surface area contributed by atoms with Gasteiger partial charge in [0.1, 0.15) is 5.41 Å². The first-order chi connectivity index (χ1) is 16.5. The van der Waals surface area contributed by atoms with Gasteiger partial charge in [-0.15, -0.1) is 0 Å². The zero-order chi connectivity index (χ0) is 25.5. The Bertz CT molecular complexity index is 1190. The maximum Gasteiger partial charge on any atom is 0.320 e. The van der Waals surface area contributed by atoms with Gasteiger partial charge in [0, 0.05) is 5.70 Å². The number of hydrogen-bond acceptors (Lipinski definition) is 5. The quantitative estimate of drug-likeness (QED) is 0.633. The van der Waals surface area contributed by atoms with E-state index in [-0.39, 0.29) is 36.8 Å². The Hall–Kier alpha value is -3.19. The SMILES string of the molecule is COC(=O)[C@@]12C[C@H](CC(=O)O)C(=O)N(Cc3cccc4ccccc34)C1=C[C@@H](C(C)(C)C)O[C@H]2C. The van der Waals surface area contributed by atoms with Crippen LogP contribution in [0.25, 0.3) is 10.8 Å². The number of piperidine rings is 1. The lowest BCUT2D eigenvalue weighted by molar-refractivity contribution is -0.181. The predicted octanol–water partition coefficient (Wildman–Crippen LogP) is 4.54. The Morgan fingerprint density at radius 3 is 2.51 bits per heavy atom. The van der Waals surface area contributed by atoms with Crippen molar-refractivity contribution >= 4 is 28.6 Å². The minimum atomic E-state index is -1.28. The van der Waals surface area contributed by atoms with E-state index in [1.54, 1.807) is 4.90 Å². The van der Waals surface area contributed by atoms with Crippen molar-refractivity contribution in [2.24, 2.45) is 16.7 Å². The molecule has 7 nitrogen and oxygen atoms in total. The third-order valence-electron chi connectivity index (χ3n) is 7.32. The van der Waals surface area contributed by atoms with Gasteiger partial charge in [0.05, 0.1) is 38.2 Å². The molecule has 1 fully saturated rings. The Balaban J connectivity index is 1.91. The van der Waals surface area contributed by atoms with Gasteiger partial charge in [-0.1, -0.05) is 63.2 Å². The Morgan fingerprint density at radius 2 is 1.86 bits per heavy atom. The second kappa shape index (κ2) is 9.11. The summed E-state index contributed by atoms with van der Waals surface area (Å²) < 4.78 is 11.6. The van der Waals surface area contributed by atoms with Gasteiger partial charge in [-0.25, -0.2) is 0 Å². The van der Waals surface area contributed by atoms with E-state index in [0.717, 1.165) is 16.3 Å². The molecule has 1 saturated heterocycles. The molecule has 1 N–H and O–H groups in total. The van der Waals surface area contributed by atoms with Gasteiger partial charge in [-0.05, 0) is 41.2 Å². The molecule has 0 unspecified atom stereocenters. The molecule has 0 radical (unpaired) electrons. The molecular weight excluding hydrogens is 446 g/mol. The summed E-state index contributed by atoms with van der Waals surface area (Å²) >= 11 is 0. The van der Waals surface area contributed by atoms with Crippen LogP contribution in [-0.4, -0.2) is 47.2 Å². The fourth-order valence-corrected chi connectivity index (χ4v) is 5.42. The number of nitrogens with zero attached hydrogens (tertiary/aromatic N) is 1. The van der Waals surface area contributed by atoms with Crippen LogP contribution in [0.15, 0.2) is 54.2 Å². The van der Waals surface area contributed by atoms with Gasteiger partial charge in [-0.2, -0.15) is 0 Å². The standard InChI is InChI=1S/C28H33NO6/c1-17-28(26(33)34-5)15-20(13-24(30)31)25(32)29(22(28)14-23(35-17)27(2,3)4)16-19-11-8-10-18-9-6-7-12-21(18)19/h6-12,14,17,20,23H,13,15-16H2,1-5H3,(H,30,31)/t17-,20-,23-,28+/m0/s1. The van der Waals surface area contributed by atoms with Crippen molar-refractivity contribution in [3.8, 4) is 0 Å². The number of ether oxygens (including phenoxy) is 2. The molecule has 35 heavy (non-hydrogen) atoms. The van der Waals surface area contributed by atoms with Gasteiger partial charge in [0.15, 0.2) is 0 Å². The summed E-state index contributed by atoms with van der Waals surface area (Å²) in [5.74, 6) is -2.78. The largest absolute Gasteiger partial charge is 0.481 e. The summed E-state index contributed by atoms with van der Waals surface area (Å²) in [4.78, 5) is 40.5. The number of rotatable bonds is 5. The minimum Gasteiger partial charge on any atom is -0.481 e. The fraction of sp³-hybridized carbons (Fsp3) is 0.464. The second-order valence-corrected chi connectivity index (χ2v) is 10.6. The molecule has 0 saturated carbocycles. The van der Waals surface area contributed by atoms with E-state index in [4.69, 9.17) is 9.47 Å². The number of fused-ring (bicyclic) bond motifs is 2. The predicted molar refractivity (Wildman–Crippen MR) is 131 cm³/mol. The first-order valence-corrected chi connectivity index (χ1v) is 11.9. The van der Waals surface area contributed by atoms with Crippen molar-refractivity contribution in [2.45, 2.75) is 59.3 Å². The first-order valence-electron chi connectivity index (χ1n) is 11.9. The van der Waals surface area contributed by atoms with Gasteiger partial charge < -0.3 is 19.5 Å². The molecule has 4 atom stereocenters. The van der Waals surface area contributed by atoms with Gasteiger partial charge in [-0.3, -0.25) is 14.4 Å². The average molecular weight is 480 g/mol. The first kappa shape index (κ1) is 24.9. The van der Waals surface area contributed by atoms with Gasteiger partial charge in [0.25, 0.3) is 0 Å². The lowest BCUT2D eigenvalue weighted by Gasteiger charge is -2.52. The number of aliphatic carboxylic acids is 1. The number of amides is 1. The van der Waals surface area contributed by atoms with Crippen LogP contribution in [0.5, 0.6) is 0 Å².